The molecular formula is C29H33F. The quantitative estimate of drug-likeness (QED) is 0.375. The molecule has 1 fully saturated rings. The molecule has 156 valence electrons. The molecule has 0 amide bonds. The Morgan fingerprint density at radius 2 is 1.43 bits per heavy atom. The van der Waals surface area contributed by atoms with Crippen LogP contribution in [-0.2, 0) is 6.42 Å². The minimum atomic E-state index is -0.177. The summed E-state index contributed by atoms with van der Waals surface area (Å²) in [6.07, 6.45) is 7.94. The summed E-state index contributed by atoms with van der Waals surface area (Å²) in [6.45, 7) is 6.12. The first-order chi connectivity index (χ1) is 14.1. The van der Waals surface area contributed by atoms with E-state index < -0.39 is 0 Å². The number of halogens is 1. The summed E-state index contributed by atoms with van der Waals surface area (Å²) >= 11 is 0. The minimum Gasteiger partial charge on any atom is -0.206 e. The molecule has 0 N–H and O–H groups in total. The molecule has 1 heteroatoms. The van der Waals surface area contributed by atoms with Crippen LogP contribution in [0.4, 0.5) is 4.39 Å². The molecule has 0 spiro atoms. The largest absolute Gasteiger partial charge is 0.206 e. The van der Waals surface area contributed by atoms with E-state index in [1.807, 2.05) is 42.5 Å². The third-order valence-electron chi connectivity index (χ3n) is 6.35. The summed E-state index contributed by atoms with van der Waals surface area (Å²) in [6, 6.07) is 22.4. The minimum absolute atomic E-state index is 0. The first-order valence-corrected chi connectivity index (χ1v) is 10.7. The molecule has 1 aliphatic rings. The first-order valence-electron chi connectivity index (χ1n) is 10.7. The Morgan fingerprint density at radius 1 is 0.833 bits per heavy atom. The van der Waals surface area contributed by atoms with Gasteiger partial charge in [-0.3, -0.25) is 0 Å². The predicted octanol–water partition coefficient (Wildman–Crippen LogP) is 8.82. The molecule has 0 aromatic heterocycles. The van der Waals surface area contributed by atoms with Crippen LogP contribution >= 0.6 is 0 Å². The third-order valence-corrected chi connectivity index (χ3v) is 6.35. The van der Waals surface area contributed by atoms with Crippen molar-refractivity contribution in [1.29, 1.82) is 0 Å². The van der Waals surface area contributed by atoms with Crippen molar-refractivity contribution < 1.29 is 4.39 Å². The molecule has 3 aromatic carbocycles. The Hall–Kier alpha value is -2.67. The molecule has 0 bridgehead atoms. The molecule has 0 radical (unpaired) electrons. The number of benzene rings is 3. The highest BCUT2D eigenvalue weighted by atomic mass is 19.1. The van der Waals surface area contributed by atoms with Gasteiger partial charge in [0.15, 0.2) is 0 Å². The monoisotopic (exact) mass is 400 g/mol. The number of hydrogen-bond acceptors (Lipinski definition) is 0. The van der Waals surface area contributed by atoms with Crippen LogP contribution in [0, 0.1) is 11.7 Å². The lowest BCUT2D eigenvalue weighted by Crippen LogP contribution is -2.10. The van der Waals surface area contributed by atoms with Crippen molar-refractivity contribution in [1.82, 2.24) is 0 Å². The molecule has 0 nitrogen and oxygen atoms in total. The maximum atomic E-state index is 14.9. The van der Waals surface area contributed by atoms with Crippen LogP contribution in [0.25, 0.3) is 22.3 Å². The lowest BCUT2D eigenvalue weighted by atomic mass is 9.79. The van der Waals surface area contributed by atoms with E-state index in [1.54, 1.807) is 6.07 Å². The average molecular weight is 401 g/mol. The smallest absolute Gasteiger partial charge is 0.131 e. The molecule has 30 heavy (non-hydrogen) atoms. The average Bonchev–Trinajstić information content (AvgIpc) is 2.75. The predicted molar refractivity (Wildman–Crippen MR) is 128 cm³/mol. The van der Waals surface area contributed by atoms with Gasteiger partial charge in [0, 0.05) is 5.56 Å². The van der Waals surface area contributed by atoms with Gasteiger partial charge < -0.3 is 0 Å². The van der Waals surface area contributed by atoms with Crippen LogP contribution in [0.3, 0.4) is 0 Å². The van der Waals surface area contributed by atoms with E-state index in [2.05, 4.69) is 37.8 Å². The Morgan fingerprint density at radius 3 is 2.03 bits per heavy atom. The molecule has 3 aromatic rings. The number of allylic oxidation sites excluding steroid dienone is 1. The highest BCUT2D eigenvalue weighted by molar-refractivity contribution is 5.71. The van der Waals surface area contributed by atoms with E-state index in [0.717, 1.165) is 29.0 Å². The molecule has 0 unspecified atom stereocenters. The molecule has 0 atom stereocenters. The van der Waals surface area contributed by atoms with E-state index in [4.69, 9.17) is 0 Å². The molecule has 0 aliphatic heterocycles. The van der Waals surface area contributed by atoms with Crippen LogP contribution in [0.1, 0.15) is 57.1 Å². The summed E-state index contributed by atoms with van der Waals surface area (Å²) < 4.78 is 14.9. The highest BCUT2D eigenvalue weighted by Gasteiger charge is 2.19. The van der Waals surface area contributed by atoms with Crippen molar-refractivity contribution in [3.63, 3.8) is 0 Å². The van der Waals surface area contributed by atoms with Crippen LogP contribution in [0.15, 0.2) is 79.4 Å². The zero-order chi connectivity index (χ0) is 20.2. The number of hydrogen-bond donors (Lipinski definition) is 0. The summed E-state index contributed by atoms with van der Waals surface area (Å²) in [4.78, 5) is 0. The summed E-state index contributed by atoms with van der Waals surface area (Å²) in [5.74, 6) is 1.37. The molecule has 0 heterocycles. The Kier molecular flexibility index (Phi) is 7.26. The fourth-order valence-corrected chi connectivity index (χ4v) is 4.46. The van der Waals surface area contributed by atoms with Crippen LogP contribution in [0.2, 0.25) is 0 Å². The summed E-state index contributed by atoms with van der Waals surface area (Å²) in [7, 11) is 0. The van der Waals surface area contributed by atoms with E-state index in [0.29, 0.717) is 11.5 Å². The van der Waals surface area contributed by atoms with Crippen LogP contribution in [0.5, 0.6) is 0 Å². The third kappa shape index (κ3) is 4.90. The summed E-state index contributed by atoms with van der Waals surface area (Å²) in [5, 5.41) is 0. The second-order valence-electron chi connectivity index (χ2n) is 8.46. The summed E-state index contributed by atoms with van der Waals surface area (Å²) in [5.41, 5.74) is 6.17. The van der Waals surface area contributed by atoms with Crippen molar-refractivity contribution in [2.45, 2.75) is 52.4 Å². The zero-order valence-corrected chi connectivity index (χ0v) is 17.2. The van der Waals surface area contributed by atoms with Gasteiger partial charge in [0.05, 0.1) is 0 Å². The van der Waals surface area contributed by atoms with Gasteiger partial charge in [-0.25, -0.2) is 4.39 Å². The van der Waals surface area contributed by atoms with Crippen molar-refractivity contribution in [2.24, 2.45) is 5.92 Å². The lowest BCUT2D eigenvalue weighted by molar-refractivity contribution is 0.348. The maximum absolute atomic E-state index is 14.9. The van der Waals surface area contributed by atoms with Gasteiger partial charge in [-0.1, -0.05) is 93.9 Å². The fraction of sp³-hybridized carbons (Fsp3) is 0.310. The number of rotatable bonds is 5. The van der Waals surface area contributed by atoms with Crippen molar-refractivity contribution in [2.75, 3.05) is 0 Å². The van der Waals surface area contributed by atoms with Gasteiger partial charge in [-0.2, -0.15) is 0 Å². The van der Waals surface area contributed by atoms with Crippen LogP contribution in [-0.4, -0.2) is 0 Å². The van der Waals surface area contributed by atoms with Gasteiger partial charge in [0.1, 0.15) is 5.82 Å². The SMILES string of the molecule is C.C=CCc1ccc(-c2ccc(-c3ccc(C4CCC(C)CC4)cc3)cc2F)cc1. The van der Waals surface area contributed by atoms with Crippen molar-refractivity contribution in [3.05, 3.63) is 96.3 Å². The van der Waals surface area contributed by atoms with Crippen LogP contribution < -0.4 is 0 Å². The van der Waals surface area contributed by atoms with E-state index in [-0.39, 0.29) is 13.2 Å². The van der Waals surface area contributed by atoms with E-state index in [9.17, 15) is 4.39 Å². The van der Waals surface area contributed by atoms with E-state index in [1.165, 1.54) is 36.8 Å². The molecule has 4 rings (SSSR count). The second-order valence-corrected chi connectivity index (χ2v) is 8.46. The van der Waals surface area contributed by atoms with Gasteiger partial charge >= 0.3 is 0 Å². The first kappa shape index (κ1) is 22.0. The fourth-order valence-electron chi connectivity index (χ4n) is 4.46. The normalized spacial score (nSPS) is 18.5. The van der Waals surface area contributed by atoms with Crippen molar-refractivity contribution >= 4 is 0 Å². The van der Waals surface area contributed by atoms with Gasteiger partial charge in [-0.15, -0.1) is 6.58 Å². The standard InChI is InChI=1S/C28H29F.CH4/c1-3-4-21-7-11-25(12-8-21)27-18-17-26(19-28(27)29)24-15-13-23(14-16-24)22-9-5-20(2)6-10-22;/h3,7-8,11-20,22H,1,4-6,9-10H2,2H3;1H4. The Bertz CT molecular complexity index is 958. The topological polar surface area (TPSA) is 0 Å². The van der Waals surface area contributed by atoms with Gasteiger partial charge in [0.25, 0.3) is 0 Å². The molecule has 1 saturated carbocycles. The Balaban J connectivity index is 0.00000256. The van der Waals surface area contributed by atoms with E-state index >= 15 is 0 Å². The zero-order valence-electron chi connectivity index (χ0n) is 17.2. The molecule has 0 saturated heterocycles. The lowest BCUT2D eigenvalue weighted by Gasteiger charge is -2.26. The second kappa shape index (κ2) is 9.89. The molecular weight excluding hydrogens is 367 g/mol. The molecule has 1 aliphatic carbocycles. The maximum Gasteiger partial charge on any atom is 0.131 e. The van der Waals surface area contributed by atoms with Crippen molar-refractivity contribution in [3.8, 4) is 22.3 Å². The van der Waals surface area contributed by atoms with Gasteiger partial charge in [0.2, 0.25) is 0 Å². The Labute approximate surface area is 181 Å². The van der Waals surface area contributed by atoms with Gasteiger partial charge in [-0.05, 0) is 65.0 Å². The highest BCUT2D eigenvalue weighted by Crippen LogP contribution is 2.36.